The van der Waals surface area contributed by atoms with Gasteiger partial charge in [-0.15, -0.1) is 11.3 Å². The standard InChI is InChI=1S/C12H5Cl4N5S/c13-5-1-2-6(7(14)3-5)8-4-22-12(17-8)21-11-19-9(15)18-10(16)20-11/h1-4H,(H,17,18,19,20,21). The highest BCUT2D eigenvalue weighted by Gasteiger charge is 2.10. The summed E-state index contributed by atoms with van der Waals surface area (Å²) in [4.78, 5) is 15.9. The van der Waals surface area contributed by atoms with Gasteiger partial charge in [0.2, 0.25) is 16.5 Å². The average Bonchev–Trinajstić information content (AvgIpc) is 2.85. The molecule has 2 aromatic heterocycles. The van der Waals surface area contributed by atoms with Crippen LogP contribution in [0.5, 0.6) is 0 Å². The molecule has 2 heterocycles. The quantitative estimate of drug-likeness (QED) is 0.650. The van der Waals surface area contributed by atoms with Gasteiger partial charge in [0.05, 0.1) is 10.7 Å². The molecule has 0 saturated heterocycles. The Hall–Kier alpha value is -1.18. The van der Waals surface area contributed by atoms with Crippen LogP contribution in [0, 0.1) is 0 Å². The summed E-state index contributed by atoms with van der Waals surface area (Å²) in [6.45, 7) is 0. The Morgan fingerprint density at radius 3 is 2.32 bits per heavy atom. The predicted octanol–water partition coefficient (Wildman–Crippen LogP) is 5.35. The van der Waals surface area contributed by atoms with Crippen molar-refractivity contribution in [2.45, 2.75) is 0 Å². The van der Waals surface area contributed by atoms with Crippen molar-refractivity contribution < 1.29 is 0 Å². The number of benzene rings is 1. The maximum Gasteiger partial charge on any atom is 0.234 e. The van der Waals surface area contributed by atoms with Crippen molar-refractivity contribution in [2.75, 3.05) is 5.32 Å². The van der Waals surface area contributed by atoms with Gasteiger partial charge < -0.3 is 0 Å². The molecule has 112 valence electrons. The molecule has 1 aromatic carbocycles. The average molecular weight is 393 g/mol. The Kier molecular flexibility index (Phi) is 4.65. The Morgan fingerprint density at radius 2 is 1.64 bits per heavy atom. The number of anilines is 2. The van der Waals surface area contributed by atoms with E-state index in [1.807, 2.05) is 5.38 Å². The van der Waals surface area contributed by atoms with Gasteiger partial charge in [-0.2, -0.15) is 15.0 Å². The van der Waals surface area contributed by atoms with Gasteiger partial charge in [-0.25, -0.2) is 4.98 Å². The second kappa shape index (κ2) is 6.52. The lowest BCUT2D eigenvalue weighted by atomic mass is 10.2. The van der Waals surface area contributed by atoms with Crippen LogP contribution in [-0.2, 0) is 0 Å². The van der Waals surface area contributed by atoms with Gasteiger partial charge in [0.25, 0.3) is 0 Å². The van der Waals surface area contributed by atoms with E-state index in [2.05, 4.69) is 25.3 Å². The van der Waals surface area contributed by atoms with Crippen LogP contribution in [0.1, 0.15) is 0 Å². The first-order valence-electron chi connectivity index (χ1n) is 5.76. The lowest BCUT2D eigenvalue weighted by molar-refractivity contribution is 1.05. The minimum Gasteiger partial charge on any atom is -0.300 e. The van der Waals surface area contributed by atoms with E-state index in [4.69, 9.17) is 46.4 Å². The molecule has 0 spiro atoms. The second-order valence-corrected chi connectivity index (χ2v) is 6.36. The van der Waals surface area contributed by atoms with Gasteiger partial charge in [0.15, 0.2) is 5.13 Å². The molecule has 3 rings (SSSR count). The lowest BCUT2D eigenvalue weighted by Crippen LogP contribution is -1.99. The molecular weight excluding hydrogens is 388 g/mol. The molecular formula is C12H5Cl4N5S. The number of aromatic nitrogens is 4. The van der Waals surface area contributed by atoms with Crippen LogP contribution in [0.15, 0.2) is 23.6 Å². The van der Waals surface area contributed by atoms with Gasteiger partial charge in [0, 0.05) is 16.0 Å². The van der Waals surface area contributed by atoms with E-state index in [1.54, 1.807) is 18.2 Å². The molecule has 22 heavy (non-hydrogen) atoms. The number of halogens is 4. The maximum atomic E-state index is 6.17. The first-order chi connectivity index (χ1) is 10.5. The fraction of sp³-hybridized carbons (Fsp3) is 0. The molecule has 0 aliphatic rings. The molecule has 0 amide bonds. The van der Waals surface area contributed by atoms with Crippen molar-refractivity contribution in [3.05, 3.63) is 44.2 Å². The number of hydrogen-bond acceptors (Lipinski definition) is 6. The summed E-state index contributed by atoms with van der Waals surface area (Å²) < 4.78 is 0. The van der Waals surface area contributed by atoms with E-state index in [0.717, 1.165) is 5.56 Å². The highest BCUT2D eigenvalue weighted by Crippen LogP contribution is 2.32. The van der Waals surface area contributed by atoms with Crippen LogP contribution >= 0.6 is 57.7 Å². The van der Waals surface area contributed by atoms with Crippen molar-refractivity contribution in [3.8, 4) is 11.3 Å². The van der Waals surface area contributed by atoms with Crippen LogP contribution < -0.4 is 5.32 Å². The van der Waals surface area contributed by atoms with E-state index in [0.29, 0.717) is 20.9 Å². The van der Waals surface area contributed by atoms with E-state index in [-0.39, 0.29) is 16.5 Å². The molecule has 0 aliphatic carbocycles. The summed E-state index contributed by atoms with van der Waals surface area (Å²) in [5, 5.41) is 6.42. The Morgan fingerprint density at radius 1 is 0.909 bits per heavy atom. The summed E-state index contributed by atoms with van der Waals surface area (Å²) in [5.74, 6) is 0.216. The first-order valence-corrected chi connectivity index (χ1v) is 8.15. The number of nitrogens with zero attached hydrogens (tertiary/aromatic N) is 4. The third-order valence-corrected chi connectivity index (χ3v) is 4.15. The van der Waals surface area contributed by atoms with E-state index in [9.17, 15) is 0 Å². The number of nitrogens with one attached hydrogen (secondary N) is 1. The van der Waals surface area contributed by atoms with Gasteiger partial charge >= 0.3 is 0 Å². The molecule has 0 unspecified atom stereocenters. The van der Waals surface area contributed by atoms with Crippen molar-refractivity contribution in [1.29, 1.82) is 0 Å². The molecule has 0 saturated carbocycles. The summed E-state index contributed by atoms with van der Waals surface area (Å²) >= 11 is 24.9. The van der Waals surface area contributed by atoms with Gasteiger partial charge in [0.1, 0.15) is 0 Å². The molecule has 10 heteroatoms. The van der Waals surface area contributed by atoms with Gasteiger partial charge in [-0.3, -0.25) is 5.32 Å². The smallest absolute Gasteiger partial charge is 0.234 e. The zero-order chi connectivity index (χ0) is 15.7. The largest absolute Gasteiger partial charge is 0.300 e. The molecule has 0 radical (unpaired) electrons. The molecule has 1 N–H and O–H groups in total. The number of rotatable bonds is 3. The van der Waals surface area contributed by atoms with Crippen LogP contribution in [0.4, 0.5) is 11.1 Å². The maximum absolute atomic E-state index is 6.17. The monoisotopic (exact) mass is 391 g/mol. The normalized spacial score (nSPS) is 10.7. The van der Waals surface area contributed by atoms with Crippen molar-refractivity contribution >= 4 is 68.8 Å². The van der Waals surface area contributed by atoms with Crippen molar-refractivity contribution in [3.63, 3.8) is 0 Å². The first kappa shape index (κ1) is 15.7. The highest BCUT2D eigenvalue weighted by molar-refractivity contribution is 7.14. The van der Waals surface area contributed by atoms with Crippen molar-refractivity contribution in [2.24, 2.45) is 0 Å². The summed E-state index contributed by atoms with van der Waals surface area (Å²) in [6, 6.07) is 5.22. The Bertz CT molecular complexity index is 818. The fourth-order valence-electron chi connectivity index (χ4n) is 1.63. The van der Waals surface area contributed by atoms with Crippen LogP contribution in [0.25, 0.3) is 11.3 Å². The number of thiazole rings is 1. The summed E-state index contributed by atoms with van der Waals surface area (Å²) in [5.41, 5.74) is 1.49. The molecule has 0 fully saturated rings. The van der Waals surface area contributed by atoms with E-state index >= 15 is 0 Å². The van der Waals surface area contributed by atoms with E-state index in [1.165, 1.54) is 11.3 Å². The summed E-state index contributed by atoms with van der Waals surface area (Å²) in [6.07, 6.45) is 0. The number of hydrogen-bond donors (Lipinski definition) is 1. The Balaban J connectivity index is 1.87. The Labute approximate surface area is 149 Å². The SMILES string of the molecule is Clc1ccc(-c2csc(Nc3nc(Cl)nc(Cl)n3)n2)c(Cl)c1. The van der Waals surface area contributed by atoms with E-state index < -0.39 is 0 Å². The fourth-order valence-corrected chi connectivity index (χ4v) is 3.20. The molecule has 3 aromatic rings. The molecule has 5 nitrogen and oxygen atoms in total. The zero-order valence-electron chi connectivity index (χ0n) is 10.5. The zero-order valence-corrected chi connectivity index (χ0v) is 14.4. The predicted molar refractivity (Wildman–Crippen MR) is 90.7 cm³/mol. The summed E-state index contributed by atoms with van der Waals surface area (Å²) in [7, 11) is 0. The topological polar surface area (TPSA) is 63.6 Å². The van der Waals surface area contributed by atoms with Crippen molar-refractivity contribution in [1.82, 2.24) is 19.9 Å². The van der Waals surface area contributed by atoms with Gasteiger partial charge in [-0.05, 0) is 41.4 Å². The molecule has 0 aliphatic heterocycles. The second-order valence-electron chi connectivity index (χ2n) is 3.98. The third kappa shape index (κ3) is 3.59. The molecule has 0 bridgehead atoms. The van der Waals surface area contributed by atoms with Crippen LogP contribution in [0.2, 0.25) is 20.6 Å². The minimum atomic E-state index is 0.0000234. The van der Waals surface area contributed by atoms with Crippen LogP contribution in [-0.4, -0.2) is 19.9 Å². The van der Waals surface area contributed by atoms with Gasteiger partial charge in [-0.1, -0.05) is 23.2 Å². The molecule has 0 atom stereocenters. The van der Waals surface area contributed by atoms with Crippen LogP contribution in [0.3, 0.4) is 0 Å². The highest BCUT2D eigenvalue weighted by atomic mass is 35.5. The minimum absolute atomic E-state index is 0.0000234. The lowest BCUT2D eigenvalue weighted by Gasteiger charge is -2.02. The third-order valence-electron chi connectivity index (χ3n) is 2.51.